The van der Waals surface area contributed by atoms with Crippen molar-refractivity contribution in [2.75, 3.05) is 13.2 Å². The van der Waals surface area contributed by atoms with E-state index in [2.05, 4.69) is 33.1 Å². The molecule has 1 aromatic carbocycles. The summed E-state index contributed by atoms with van der Waals surface area (Å²) in [6.07, 6.45) is 0.963. The van der Waals surface area contributed by atoms with E-state index in [0.29, 0.717) is 12.4 Å². The maximum atomic E-state index is 9.81. The Bertz CT molecular complexity index is 464. The van der Waals surface area contributed by atoms with Crippen LogP contribution in [0.5, 0.6) is 5.88 Å². The van der Waals surface area contributed by atoms with Crippen molar-refractivity contribution < 1.29 is 9.84 Å². The molecule has 0 saturated carbocycles. The van der Waals surface area contributed by atoms with E-state index in [0.717, 1.165) is 11.7 Å². The number of aromatic nitrogens is 2. The molecule has 0 amide bonds. The van der Waals surface area contributed by atoms with Gasteiger partial charge in [0.1, 0.15) is 18.9 Å². The summed E-state index contributed by atoms with van der Waals surface area (Å²) >= 11 is 1.08. The van der Waals surface area contributed by atoms with Gasteiger partial charge in [0.25, 0.3) is 0 Å². The van der Waals surface area contributed by atoms with Gasteiger partial charge in [-0.2, -0.15) is 4.37 Å². The zero-order valence-corrected chi connectivity index (χ0v) is 11.5. The third-order valence-corrected chi connectivity index (χ3v) is 3.19. The Labute approximate surface area is 116 Å². The lowest BCUT2D eigenvalue weighted by Gasteiger charge is -2.17. The quantitative estimate of drug-likeness (QED) is 0.806. The standard InChI is InChI=1S/C13H17N3O2S/c1-10(11-5-3-2-4-6-11)14-7-12(17)9-18-13-8-15-19-16-13/h2-6,8,10,12,14,17H,7,9H2,1H3. The van der Waals surface area contributed by atoms with E-state index in [1.165, 1.54) is 11.8 Å². The highest BCUT2D eigenvalue weighted by molar-refractivity contribution is 6.99. The molecule has 0 fully saturated rings. The molecule has 2 aromatic rings. The highest BCUT2D eigenvalue weighted by atomic mass is 32.1. The van der Waals surface area contributed by atoms with Gasteiger partial charge in [-0.15, -0.1) is 4.37 Å². The molecule has 0 aliphatic carbocycles. The van der Waals surface area contributed by atoms with Gasteiger partial charge in [0, 0.05) is 12.6 Å². The van der Waals surface area contributed by atoms with Crippen LogP contribution < -0.4 is 10.1 Å². The smallest absolute Gasteiger partial charge is 0.245 e. The second-order valence-corrected chi connectivity index (χ2v) is 4.81. The minimum Gasteiger partial charge on any atom is -0.473 e. The van der Waals surface area contributed by atoms with Crippen LogP contribution in [-0.2, 0) is 0 Å². The molecule has 5 nitrogen and oxygen atoms in total. The second kappa shape index (κ2) is 7.18. The maximum Gasteiger partial charge on any atom is 0.245 e. The summed E-state index contributed by atoms with van der Waals surface area (Å²) in [5, 5.41) is 13.1. The van der Waals surface area contributed by atoms with Crippen LogP contribution in [0.1, 0.15) is 18.5 Å². The molecule has 2 unspecified atom stereocenters. The van der Waals surface area contributed by atoms with Gasteiger partial charge in [0.05, 0.1) is 11.7 Å². The van der Waals surface area contributed by atoms with Gasteiger partial charge in [0.2, 0.25) is 5.88 Å². The molecule has 2 N–H and O–H groups in total. The van der Waals surface area contributed by atoms with Crippen LogP contribution >= 0.6 is 11.7 Å². The number of rotatable bonds is 7. The molecule has 2 atom stereocenters. The monoisotopic (exact) mass is 279 g/mol. The predicted octanol–water partition coefficient (Wildman–Crippen LogP) is 1.63. The summed E-state index contributed by atoms with van der Waals surface area (Å²) in [6, 6.07) is 10.3. The van der Waals surface area contributed by atoms with Crippen molar-refractivity contribution in [2.24, 2.45) is 0 Å². The number of nitrogens with zero attached hydrogens (tertiary/aromatic N) is 2. The van der Waals surface area contributed by atoms with Gasteiger partial charge in [0.15, 0.2) is 0 Å². The predicted molar refractivity (Wildman–Crippen MR) is 74.3 cm³/mol. The molecule has 19 heavy (non-hydrogen) atoms. The Morgan fingerprint density at radius 1 is 1.37 bits per heavy atom. The largest absolute Gasteiger partial charge is 0.473 e. The van der Waals surface area contributed by atoms with Crippen LogP contribution in [0.25, 0.3) is 0 Å². The summed E-state index contributed by atoms with van der Waals surface area (Å²) in [4.78, 5) is 0. The number of aliphatic hydroxyl groups excluding tert-OH is 1. The summed E-state index contributed by atoms with van der Waals surface area (Å²) < 4.78 is 13.0. The van der Waals surface area contributed by atoms with Crippen molar-refractivity contribution in [1.29, 1.82) is 0 Å². The zero-order chi connectivity index (χ0) is 13.5. The van der Waals surface area contributed by atoms with Crippen molar-refractivity contribution in [3.05, 3.63) is 42.1 Å². The lowest BCUT2D eigenvalue weighted by molar-refractivity contribution is 0.102. The molecule has 0 saturated heterocycles. The van der Waals surface area contributed by atoms with E-state index in [9.17, 15) is 5.11 Å². The van der Waals surface area contributed by atoms with Crippen LogP contribution in [0.15, 0.2) is 36.5 Å². The van der Waals surface area contributed by atoms with Crippen molar-refractivity contribution >= 4 is 11.7 Å². The Kier molecular flexibility index (Phi) is 5.26. The van der Waals surface area contributed by atoms with Crippen LogP contribution in [-0.4, -0.2) is 33.1 Å². The molecule has 0 aliphatic rings. The molecule has 1 aromatic heterocycles. The topological polar surface area (TPSA) is 67.3 Å². The van der Waals surface area contributed by atoms with Crippen molar-refractivity contribution in [3.8, 4) is 5.88 Å². The minimum atomic E-state index is -0.576. The average molecular weight is 279 g/mol. The highest BCUT2D eigenvalue weighted by Gasteiger charge is 2.09. The number of hydrogen-bond donors (Lipinski definition) is 2. The number of nitrogens with one attached hydrogen (secondary N) is 1. The molecule has 6 heteroatoms. The molecule has 0 radical (unpaired) electrons. The van der Waals surface area contributed by atoms with E-state index in [4.69, 9.17) is 4.74 Å². The van der Waals surface area contributed by atoms with E-state index in [-0.39, 0.29) is 12.6 Å². The first-order valence-corrected chi connectivity index (χ1v) is 6.85. The van der Waals surface area contributed by atoms with Crippen LogP contribution in [0.3, 0.4) is 0 Å². The lowest BCUT2D eigenvalue weighted by atomic mass is 10.1. The Balaban J connectivity index is 1.70. The number of benzene rings is 1. The van der Waals surface area contributed by atoms with E-state index in [1.807, 2.05) is 18.2 Å². The van der Waals surface area contributed by atoms with E-state index in [1.54, 1.807) is 0 Å². The van der Waals surface area contributed by atoms with Gasteiger partial charge in [-0.05, 0) is 12.5 Å². The first-order valence-electron chi connectivity index (χ1n) is 6.12. The van der Waals surface area contributed by atoms with Crippen molar-refractivity contribution in [1.82, 2.24) is 14.1 Å². The van der Waals surface area contributed by atoms with E-state index < -0.39 is 6.10 Å². The maximum absolute atomic E-state index is 9.81. The molecule has 0 spiro atoms. The van der Waals surface area contributed by atoms with Gasteiger partial charge in [-0.25, -0.2) is 0 Å². The van der Waals surface area contributed by atoms with Crippen LogP contribution in [0.4, 0.5) is 0 Å². The Morgan fingerprint density at radius 2 is 2.16 bits per heavy atom. The first kappa shape index (κ1) is 13.9. The molecule has 1 heterocycles. The van der Waals surface area contributed by atoms with Gasteiger partial charge < -0.3 is 15.2 Å². The molecule has 2 rings (SSSR count). The lowest BCUT2D eigenvalue weighted by Crippen LogP contribution is -2.33. The fraction of sp³-hybridized carbons (Fsp3) is 0.385. The van der Waals surface area contributed by atoms with Gasteiger partial charge in [-0.1, -0.05) is 30.3 Å². The van der Waals surface area contributed by atoms with Crippen LogP contribution in [0.2, 0.25) is 0 Å². The second-order valence-electron chi connectivity index (χ2n) is 4.25. The Hall–Kier alpha value is -1.50. The summed E-state index contributed by atoms with van der Waals surface area (Å²) in [6.45, 7) is 2.74. The van der Waals surface area contributed by atoms with Crippen molar-refractivity contribution in [3.63, 3.8) is 0 Å². The third-order valence-electron chi connectivity index (χ3n) is 2.72. The fourth-order valence-corrected chi connectivity index (χ4v) is 2.00. The molecule has 102 valence electrons. The molecule has 0 bridgehead atoms. The van der Waals surface area contributed by atoms with Crippen LogP contribution in [0, 0.1) is 0 Å². The molecular weight excluding hydrogens is 262 g/mol. The van der Waals surface area contributed by atoms with Gasteiger partial charge >= 0.3 is 0 Å². The average Bonchev–Trinajstić information content (AvgIpc) is 2.96. The molecule has 0 aliphatic heterocycles. The Morgan fingerprint density at radius 3 is 2.84 bits per heavy atom. The zero-order valence-electron chi connectivity index (χ0n) is 10.7. The number of hydrogen-bond acceptors (Lipinski definition) is 6. The van der Waals surface area contributed by atoms with Gasteiger partial charge in [-0.3, -0.25) is 0 Å². The minimum absolute atomic E-state index is 0.191. The SMILES string of the molecule is CC(NCC(O)COc1cnsn1)c1ccccc1. The number of ether oxygens (including phenoxy) is 1. The summed E-state index contributed by atoms with van der Waals surface area (Å²) in [7, 11) is 0. The third kappa shape index (κ3) is 4.59. The number of aliphatic hydroxyl groups is 1. The molecular formula is C13H17N3O2S. The van der Waals surface area contributed by atoms with E-state index >= 15 is 0 Å². The normalized spacial score (nSPS) is 14.0. The summed E-state index contributed by atoms with van der Waals surface area (Å²) in [5.41, 5.74) is 1.19. The highest BCUT2D eigenvalue weighted by Crippen LogP contribution is 2.11. The summed E-state index contributed by atoms with van der Waals surface area (Å²) in [5.74, 6) is 0.458. The first-order chi connectivity index (χ1) is 9.25. The van der Waals surface area contributed by atoms with Crippen molar-refractivity contribution in [2.45, 2.75) is 19.1 Å². The fourth-order valence-electron chi connectivity index (χ4n) is 1.63.